The van der Waals surface area contributed by atoms with Gasteiger partial charge in [0.15, 0.2) is 0 Å². The first-order valence-corrected chi connectivity index (χ1v) is 7.92. The summed E-state index contributed by atoms with van der Waals surface area (Å²) in [6.07, 6.45) is -2.72. The summed E-state index contributed by atoms with van der Waals surface area (Å²) in [6.45, 7) is 4.03. The number of rotatable bonds is 1. The van der Waals surface area contributed by atoms with E-state index >= 15 is 0 Å². The Balaban J connectivity index is 1.68. The van der Waals surface area contributed by atoms with Gasteiger partial charge >= 0.3 is 6.18 Å². The van der Waals surface area contributed by atoms with Crippen LogP contribution in [-0.2, 0) is 11.0 Å². The van der Waals surface area contributed by atoms with Gasteiger partial charge in [-0.05, 0) is 37.1 Å². The molecule has 0 bridgehead atoms. The van der Waals surface area contributed by atoms with Crippen molar-refractivity contribution in [3.8, 4) is 0 Å². The molecule has 130 valence electrons. The molecule has 1 unspecified atom stereocenters. The van der Waals surface area contributed by atoms with E-state index in [4.69, 9.17) is 0 Å². The monoisotopic (exact) mass is 340 g/mol. The highest BCUT2D eigenvalue weighted by Crippen LogP contribution is 2.40. The zero-order valence-electron chi connectivity index (χ0n) is 13.4. The summed E-state index contributed by atoms with van der Waals surface area (Å²) in [5.74, 6) is -0.207. The second-order valence-corrected chi connectivity index (χ2v) is 6.74. The predicted octanol–water partition coefficient (Wildman–Crippen LogP) is 2.79. The van der Waals surface area contributed by atoms with Crippen molar-refractivity contribution in [1.82, 2.24) is 9.80 Å². The van der Waals surface area contributed by atoms with Gasteiger partial charge < -0.3 is 9.80 Å². The van der Waals surface area contributed by atoms with E-state index in [9.17, 15) is 22.8 Å². The van der Waals surface area contributed by atoms with Crippen LogP contribution in [0.3, 0.4) is 0 Å². The Hall–Kier alpha value is -2.05. The number of likely N-dealkylation sites (tertiary alicyclic amines) is 2. The second-order valence-electron chi connectivity index (χ2n) is 6.74. The van der Waals surface area contributed by atoms with Crippen LogP contribution in [0.4, 0.5) is 13.2 Å². The number of nitrogens with zero attached hydrogens (tertiary/aromatic N) is 2. The van der Waals surface area contributed by atoms with Gasteiger partial charge in [-0.2, -0.15) is 13.2 Å². The first-order valence-electron chi connectivity index (χ1n) is 7.92. The molecule has 1 spiro atoms. The summed E-state index contributed by atoms with van der Waals surface area (Å²) in [5.41, 5.74) is -0.556. The Kier molecular flexibility index (Phi) is 4.05. The zero-order chi connectivity index (χ0) is 17.5. The quantitative estimate of drug-likeness (QED) is 0.789. The van der Waals surface area contributed by atoms with Crippen molar-refractivity contribution in [3.63, 3.8) is 0 Å². The lowest BCUT2D eigenvalue weighted by Crippen LogP contribution is -2.35. The molecule has 2 aliphatic heterocycles. The maximum Gasteiger partial charge on any atom is 0.416 e. The first kappa shape index (κ1) is 16.8. The second kappa shape index (κ2) is 5.79. The van der Waals surface area contributed by atoms with Gasteiger partial charge in [-0.25, -0.2) is 0 Å². The van der Waals surface area contributed by atoms with E-state index in [1.54, 1.807) is 16.7 Å². The lowest BCUT2D eigenvalue weighted by atomic mass is 9.86. The fourth-order valence-electron chi connectivity index (χ4n) is 3.63. The summed E-state index contributed by atoms with van der Waals surface area (Å²) in [6, 6.07) is 4.33. The van der Waals surface area contributed by atoms with E-state index in [-0.39, 0.29) is 22.8 Å². The van der Waals surface area contributed by atoms with Gasteiger partial charge in [-0.1, -0.05) is 0 Å². The minimum atomic E-state index is -4.40. The molecule has 2 aliphatic rings. The highest BCUT2D eigenvalue weighted by Gasteiger charge is 2.45. The van der Waals surface area contributed by atoms with Gasteiger partial charge in [-0.15, -0.1) is 0 Å². The molecular formula is C17H19F3N2O2. The minimum absolute atomic E-state index is 0.0411. The summed E-state index contributed by atoms with van der Waals surface area (Å²) in [7, 11) is 0. The van der Waals surface area contributed by atoms with E-state index in [2.05, 4.69) is 0 Å². The minimum Gasteiger partial charge on any atom is -0.342 e. The zero-order valence-corrected chi connectivity index (χ0v) is 13.4. The molecule has 24 heavy (non-hydrogen) atoms. The molecule has 1 atom stereocenters. The van der Waals surface area contributed by atoms with Gasteiger partial charge in [0.1, 0.15) is 0 Å². The number of amides is 2. The van der Waals surface area contributed by atoms with E-state index in [1.165, 1.54) is 12.1 Å². The molecule has 3 rings (SSSR count). The Morgan fingerprint density at radius 2 is 1.54 bits per heavy atom. The molecule has 0 saturated carbocycles. The van der Waals surface area contributed by atoms with Crippen LogP contribution in [0.1, 0.15) is 35.7 Å². The molecule has 0 radical (unpaired) electrons. The van der Waals surface area contributed by atoms with E-state index in [1.807, 2.05) is 0 Å². The molecular weight excluding hydrogens is 321 g/mol. The van der Waals surface area contributed by atoms with Crippen molar-refractivity contribution in [2.75, 3.05) is 26.2 Å². The number of hydrogen-bond donors (Lipinski definition) is 0. The van der Waals surface area contributed by atoms with Gasteiger partial charge in [0.2, 0.25) is 5.91 Å². The fourth-order valence-corrected chi connectivity index (χ4v) is 3.63. The molecule has 2 amide bonds. The normalized spacial score (nSPS) is 24.0. The molecule has 7 heteroatoms. The maximum absolute atomic E-state index is 12.6. The third-order valence-corrected chi connectivity index (χ3v) is 5.07. The average molecular weight is 340 g/mol. The third-order valence-electron chi connectivity index (χ3n) is 5.07. The van der Waals surface area contributed by atoms with Gasteiger partial charge in [0.05, 0.1) is 5.56 Å². The summed E-state index contributed by atoms with van der Waals surface area (Å²) >= 11 is 0. The van der Waals surface area contributed by atoms with Crippen LogP contribution in [0.5, 0.6) is 0 Å². The average Bonchev–Trinajstić information content (AvgIpc) is 3.14. The van der Waals surface area contributed by atoms with Crippen molar-refractivity contribution in [1.29, 1.82) is 0 Å². The maximum atomic E-state index is 12.6. The van der Waals surface area contributed by atoms with Crippen molar-refractivity contribution < 1.29 is 22.8 Å². The first-order chi connectivity index (χ1) is 11.2. The number of halogens is 3. The molecule has 2 heterocycles. The van der Waals surface area contributed by atoms with Crippen LogP contribution in [0, 0.1) is 5.41 Å². The molecule has 4 nitrogen and oxygen atoms in total. The molecule has 1 aromatic carbocycles. The third kappa shape index (κ3) is 3.12. The number of carbonyl (C=O) groups is 2. The predicted molar refractivity (Wildman–Crippen MR) is 81.3 cm³/mol. The van der Waals surface area contributed by atoms with Crippen LogP contribution >= 0.6 is 0 Å². The van der Waals surface area contributed by atoms with Gasteiger partial charge in [-0.3, -0.25) is 9.59 Å². The standard InChI is InChI=1S/C17H19F3N2O2/c1-12(23)21-8-6-16(10-21)7-9-22(11-16)15(24)13-2-4-14(5-3-13)17(18,19)20/h2-5H,6-11H2,1H3. The van der Waals surface area contributed by atoms with Crippen LogP contribution < -0.4 is 0 Å². The van der Waals surface area contributed by atoms with Crippen molar-refractivity contribution in [3.05, 3.63) is 35.4 Å². The SMILES string of the molecule is CC(=O)N1CCC2(CCN(C(=O)c3ccc(C(F)(F)F)cc3)C2)C1. The smallest absolute Gasteiger partial charge is 0.342 e. The fraction of sp³-hybridized carbons (Fsp3) is 0.529. The van der Waals surface area contributed by atoms with Crippen LogP contribution in [0.15, 0.2) is 24.3 Å². The Labute approximate surface area is 138 Å². The summed E-state index contributed by atoms with van der Waals surface area (Å²) < 4.78 is 37.8. The lowest BCUT2D eigenvalue weighted by molar-refractivity contribution is -0.137. The van der Waals surface area contributed by atoms with Crippen molar-refractivity contribution >= 4 is 11.8 Å². The Bertz CT molecular complexity index is 657. The summed E-state index contributed by atoms with van der Waals surface area (Å²) in [4.78, 5) is 27.5. The molecule has 0 aliphatic carbocycles. The van der Waals surface area contributed by atoms with Crippen LogP contribution in [-0.4, -0.2) is 47.8 Å². The number of hydrogen-bond acceptors (Lipinski definition) is 2. The Morgan fingerprint density at radius 3 is 2.04 bits per heavy atom. The highest BCUT2D eigenvalue weighted by molar-refractivity contribution is 5.94. The Morgan fingerprint density at radius 1 is 1.00 bits per heavy atom. The number of carbonyl (C=O) groups excluding carboxylic acids is 2. The lowest BCUT2D eigenvalue weighted by Gasteiger charge is -2.24. The van der Waals surface area contributed by atoms with Crippen LogP contribution in [0.2, 0.25) is 0 Å². The van der Waals surface area contributed by atoms with E-state index in [0.29, 0.717) is 26.2 Å². The van der Waals surface area contributed by atoms with Crippen LogP contribution in [0.25, 0.3) is 0 Å². The molecule has 2 fully saturated rings. The number of alkyl halides is 3. The number of benzene rings is 1. The molecule has 1 aromatic rings. The highest BCUT2D eigenvalue weighted by atomic mass is 19.4. The van der Waals surface area contributed by atoms with E-state index in [0.717, 1.165) is 25.0 Å². The van der Waals surface area contributed by atoms with Gasteiger partial charge in [0, 0.05) is 44.1 Å². The van der Waals surface area contributed by atoms with Crippen molar-refractivity contribution in [2.24, 2.45) is 5.41 Å². The van der Waals surface area contributed by atoms with E-state index < -0.39 is 11.7 Å². The summed E-state index contributed by atoms with van der Waals surface area (Å²) in [5, 5.41) is 0. The van der Waals surface area contributed by atoms with Gasteiger partial charge in [0.25, 0.3) is 5.91 Å². The molecule has 0 N–H and O–H groups in total. The molecule has 0 aromatic heterocycles. The molecule has 2 saturated heterocycles. The van der Waals surface area contributed by atoms with Crippen molar-refractivity contribution in [2.45, 2.75) is 25.9 Å². The largest absolute Gasteiger partial charge is 0.416 e. The topological polar surface area (TPSA) is 40.6 Å².